The molecule has 170 valence electrons. The van der Waals surface area contributed by atoms with Crippen LogP contribution in [0, 0.1) is 18.8 Å². The molecule has 1 saturated heterocycles. The van der Waals surface area contributed by atoms with Crippen molar-refractivity contribution in [2.45, 2.75) is 39.7 Å². The Morgan fingerprint density at radius 1 is 1.00 bits per heavy atom. The molecule has 0 spiro atoms. The molecule has 2 aromatic carbocycles. The Bertz CT molecular complexity index is 1170. The predicted octanol–water partition coefficient (Wildman–Crippen LogP) is 4.62. The van der Waals surface area contributed by atoms with Gasteiger partial charge in [0.25, 0.3) is 17.7 Å². The Labute approximate surface area is 197 Å². The minimum atomic E-state index is -1.10. The number of hydrazine groups is 1. The maximum atomic E-state index is 13.7. The molecule has 1 aliphatic heterocycles. The van der Waals surface area contributed by atoms with Crippen LogP contribution in [0.3, 0.4) is 0 Å². The van der Waals surface area contributed by atoms with Crippen LogP contribution in [0.15, 0.2) is 60.2 Å². The van der Waals surface area contributed by atoms with Gasteiger partial charge < -0.3 is 0 Å². The van der Waals surface area contributed by atoms with Gasteiger partial charge in [0.15, 0.2) is 5.78 Å². The summed E-state index contributed by atoms with van der Waals surface area (Å²) in [5.74, 6) is -3.03. The van der Waals surface area contributed by atoms with Crippen molar-refractivity contribution in [2.75, 3.05) is 0 Å². The van der Waals surface area contributed by atoms with Crippen molar-refractivity contribution in [1.29, 1.82) is 0 Å². The van der Waals surface area contributed by atoms with Crippen molar-refractivity contribution in [3.05, 3.63) is 81.9 Å². The zero-order valence-electron chi connectivity index (χ0n) is 18.7. The van der Waals surface area contributed by atoms with Gasteiger partial charge in [0.05, 0.1) is 22.4 Å². The van der Waals surface area contributed by atoms with Crippen LogP contribution in [0.2, 0.25) is 5.02 Å². The first-order valence-electron chi connectivity index (χ1n) is 10.9. The molecule has 33 heavy (non-hydrogen) atoms. The van der Waals surface area contributed by atoms with Crippen molar-refractivity contribution in [3.8, 4) is 0 Å². The second kappa shape index (κ2) is 8.94. The smallest absolute Gasteiger partial charge is 0.275 e. The van der Waals surface area contributed by atoms with Crippen molar-refractivity contribution in [1.82, 2.24) is 10.0 Å². The Morgan fingerprint density at radius 2 is 1.64 bits per heavy atom. The highest BCUT2D eigenvalue weighted by atomic mass is 35.5. The molecule has 1 aliphatic carbocycles. The highest BCUT2D eigenvalue weighted by molar-refractivity contribution is 6.34. The standard InChI is InChI=1S/C26H25ClN2O4/c1-15-8-11-18(12-9-15)23(30)17(3)28(25(32)20-6-4-5-7-22(20)27)29-24(31)19-13-10-16(2)14-21(19)26(29)33/h4-12,17,19,21H,13-14H2,1-3H3/t17-,19+,21-/m1/s1. The topological polar surface area (TPSA) is 74.8 Å². The fraction of sp³-hybridized carbons (Fsp3) is 0.308. The van der Waals surface area contributed by atoms with Crippen LogP contribution in [-0.2, 0) is 9.59 Å². The molecule has 1 fully saturated rings. The number of benzene rings is 2. The summed E-state index contributed by atoms with van der Waals surface area (Å²) in [6, 6.07) is 12.2. The van der Waals surface area contributed by atoms with Crippen LogP contribution < -0.4 is 0 Å². The van der Waals surface area contributed by atoms with Crippen LogP contribution in [0.5, 0.6) is 0 Å². The lowest BCUT2D eigenvalue weighted by Gasteiger charge is -2.35. The van der Waals surface area contributed by atoms with E-state index in [0.717, 1.165) is 21.2 Å². The molecule has 6 nitrogen and oxygen atoms in total. The first kappa shape index (κ1) is 22.9. The Hall–Kier alpha value is -3.25. The first-order chi connectivity index (χ1) is 15.7. The number of allylic oxidation sites excluding steroid dienone is 2. The molecule has 2 aromatic rings. The normalized spacial score (nSPS) is 20.8. The minimum absolute atomic E-state index is 0.118. The fourth-order valence-corrected chi connectivity index (χ4v) is 4.72. The molecule has 0 bridgehead atoms. The third-order valence-corrected chi connectivity index (χ3v) is 6.74. The van der Waals surface area contributed by atoms with E-state index in [-0.39, 0.29) is 16.4 Å². The van der Waals surface area contributed by atoms with Crippen LogP contribution in [0.1, 0.15) is 53.0 Å². The van der Waals surface area contributed by atoms with E-state index in [1.165, 1.54) is 13.0 Å². The van der Waals surface area contributed by atoms with Crippen LogP contribution in [0.25, 0.3) is 0 Å². The second-order valence-electron chi connectivity index (χ2n) is 8.73. The molecule has 1 heterocycles. The average Bonchev–Trinajstić information content (AvgIpc) is 3.04. The van der Waals surface area contributed by atoms with E-state index in [9.17, 15) is 19.2 Å². The SMILES string of the molecule is CC1=CC[C@@H]2C(=O)N(N(C(=O)c3ccccc3Cl)[C@H](C)C(=O)c3ccc(C)cc3)C(=O)[C@@H]2C1. The van der Waals surface area contributed by atoms with E-state index >= 15 is 0 Å². The lowest BCUT2D eigenvalue weighted by Crippen LogP contribution is -2.56. The summed E-state index contributed by atoms with van der Waals surface area (Å²) in [5.41, 5.74) is 2.53. The van der Waals surface area contributed by atoms with Crippen LogP contribution in [0.4, 0.5) is 0 Å². The molecular weight excluding hydrogens is 440 g/mol. The van der Waals surface area contributed by atoms with E-state index in [2.05, 4.69) is 0 Å². The van der Waals surface area contributed by atoms with E-state index < -0.39 is 35.6 Å². The van der Waals surface area contributed by atoms with Crippen molar-refractivity contribution < 1.29 is 19.2 Å². The van der Waals surface area contributed by atoms with Gasteiger partial charge in [-0.05, 0) is 45.7 Å². The summed E-state index contributed by atoms with van der Waals surface area (Å²) in [7, 11) is 0. The maximum Gasteiger partial charge on any atom is 0.275 e. The van der Waals surface area contributed by atoms with Crippen molar-refractivity contribution >= 4 is 35.1 Å². The number of Topliss-reactive ketones (excluding diaryl/α,β-unsaturated/α-hetero) is 1. The summed E-state index contributed by atoms with van der Waals surface area (Å²) >= 11 is 6.27. The van der Waals surface area contributed by atoms with Gasteiger partial charge in [-0.3, -0.25) is 19.2 Å². The van der Waals surface area contributed by atoms with Gasteiger partial charge in [0.2, 0.25) is 0 Å². The number of carbonyl (C=O) groups is 4. The van der Waals surface area contributed by atoms with E-state index in [4.69, 9.17) is 11.6 Å². The summed E-state index contributed by atoms with van der Waals surface area (Å²) in [5, 5.41) is 2.07. The lowest BCUT2D eigenvalue weighted by molar-refractivity contribution is -0.156. The lowest BCUT2D eigenvalue weighted by atomic mass is 9.82. The molecule has 2 aliphatic rings. The number of aryl methyl sites for hydroxylation is 1. The van der Waals surface area contributed by atoms with Crippen LogP contribution >= 0.6 is 11.6 Å². The monoisotopic (exact) mass is 464 g/mol. The fourth-order valence-electron chi connectivity index (χ4n) is 4.50. The number of nitrogens with zero attached hydrogens (tertiary/aromatic N) is 2. The zero-order chi connectivity index (χ0) is 23.9. The maximum absolute atomic E-state index is 13.7. The number of ketones is 1. The number of halogens is 1. The summed E-state index contributed by atoms with van der Waals surface area (Å²) < 4.78 is 0. The molecule has 3 atom stereocenters. The highest BCUT2D eigenvalue weighted by Gasteiger charge is 2.53. The second-order valence-corrected chi connectivity index (χ2v) is 9.13. The first-order valence-corrected chi connectivity index (χ1v) is 11.3. The van der Waals surface area contributed by atoms with Crippen LogP contribution in [-0.4, -0.2) is 39.6 Å². The average molecular weight is 465 g/mol. The van der Waals surface area contributed by atoms with Crippen molar-refractivity contribution in [2.24, 2.45) is 11.8 Å². The number of hydrogen-bond donors (Lipinski definition) is 0. The Kier molecular flexibility index (Phi) is 6.21. The van der Waals surface area contributed by atoms with E-state index in [0.29, 0.717) is 18.4 Å². The summed E-state index contributed by atoms with van der Waals surface area (Å²) in [6.45, 7) is 5.36. The number of hydrogen-bond acceptors (Lipinski definition) is 4. The minimum Gasteiger partial charge on any atom is -0.292 e. The summed E-state index contributed by atoms with van der Waals surface area (Å²) in [4.78, 5) is 53.8. The quantitative estimate of drug-likeness (QED) is 0.367. The van der Waals surface area contributed by atoms with Gasteiger partial charge in [-0.25, -0.2) is 5.01 Å². The number of fused-ring (bicyclic) bond motifs is 1. The zero-order valence-corrected chi connectivity index (χ0v) is 19.5. The number of carbonyl (C=O) groups excluding carboxylic acids is 4. The van der Waals surface area contributed by atoms with E-state index in [1.54, 1.807) is 42.5 Å². The number of amides is 3. The highest BCUT2D eigenvalue weighted by Crippen LogP contribution is 2.39. The molecule has 0 N–H and O–H groups in total. The van der Waals surface area contributed by atoms with Gasteiger partial charge in [0, 0.05) is 5.56 Å². The molecular formula is C26H25ClN2O4. The number of rotatable bonds is 5. The van der Waals surface area contributed by atoms with Gasteiger partial charge in [0.1, 0.15) is 6.04 Å². The van der Waals surface area contributed by atoms with Gasteiger partial charge in [-0.15, -0.1) is 0 Å². The molecule has 3 amide bonds. The number of imide groups is 1. The van der Waals surface area contributed by atoms with Crippen molar-refractivity contribution in [3.63, 3.8) is 0 Å². The molecule has 7 heteroatoms. The largest absolute Gasteiger partial charge is 0.292 e. The molecule has 0 unspecified atom stereocenters. The molecule has 0 radical (unpaired) electrons. The Balaban J connectivity index is 1.76. The third kappa shape index (κ3) is 4.11. The van der Waals surface area contributed by atoms with Gasteiger partial charge in [-0.1, -0.05) is 65.2 Å². The van der Waals surface area contributed by atoms with Gasteiger partial charge >= 0.3 is 0 Å². The van der Waals surface area contributed by atoms with Gasteiger partial charge in [-0.2, -0.15) is 5.01 Å². The summed E-state index contributed by atoms with van der Waals surface area (Å²) in [6.07, 6.45) is 2.85. The molecule has 0 saturated carbocycles. The predicted molar refractivity (Wildman–Crippen MR) is 124 cm³/mol. The Morgan fingerprint density at radius 3 is 2.30 bits per heavy atom. The molecule has 0 aromatic heterocycles. The third-order valence-electron chi connectivity index (χ3n) is 6.41. The molecule has 4 rings (SSSR count). The van der Waals surface area contributed by atoms with E-state index in [1.807, 2.05) is 19.9 Å².